The molecule has 0 aromatic carbocycles. The standard InChI is InChI=1S/C14H19N3O3/c1-2-20-13-11(6-3-7-16-13)14(19)17-8-4-5-10(9-17)12(15)18/h3,6-7,10H,2,4-5,8-9H2,1H3,(H2,15,18). The molecular weight excluding hydrogens is 258 g/mol. The molecule has 0 aliphatic carbocycles. The van der Waals surface area contributed by atoms with E-state index in [2.05, 4.69) is 4.98 Å². The second kappa shape index (κ2) is 6.36. The van der Waals surface area contributed by atoms with Crippen LogP contribution in [0.2, 0.25) is 0 Å². The number of pyridine rings is 1. The molecule has 1 unspecified atom stereocenters. The zero-order valence-corrected chi connectivity index (χ0v) is 11.5. The summed E-state index contributed by atoms with van der Waals surface area (Å²) in [5, 5.41) is 0. The van der Waals surface area contributed by atoms with E-state index in [1.807, 2.05) is 6.92 Å². The molecule has 0 bridgehead atoms. The molecular formula is C14H19N3O3. The van der Waals surface area contributed by atoms with Gasteiger partial charge in [0, 0.05) is 19.3 Å². The maximum Gasteiger partial charge on any atom is 0.259 e. The number of primary amides is 1. The summed E-state index contributed by atoms with van der Waals surface area (Å²) in [5.74, 6) is -0.438. The molecule has 20 heavy (non-hydrogen) atoms. The number of ether oxygens (including phenoxy) is 1. The van der Waals surface area contributed by atoms with Crippen molar-refractivity contribution in [2.75, 3.05) is 19.7 Å². The van der Waals surface area contributed by atoms with Crippen molar-refractivity contribution in [1.29, 1.82) is 0 Å². The Bertz CT molecular complexity index is 504. The van der Waals surface area contributed by atoms with E-state index in [9.17, 15) is 9.59 Å². The van der Waals surface area contributed by atoms with Crippen LogP contribution in [0.4, 0.5) is 0 Å². The molecule has 0 saturated carbocycles. The molecule has 2 rings (SSSR count). The lowest BCUT2D eigenvalue weighted by molar-refractivity contribution is -0.123. The highest BCUT2D eigenvalue weighted by molar-refractivity contribution is 5.96. The summed E-state index contributed by atoms with van der Waals surface area (Å²) in [6.07, 6.45) is 3.11. The van der Waals surface area contributed by atoms with Gasteiger partial charge in [-0.25, -0.2) is 4.98 Å². The molecule has 2 heterocycles. The van der Waals surface area contributed by atoms with Crippen LogP contribution in [0, 0.1) is 5.92 Å². The fraction of sp³-hybridized carbons (Fsp3) is 0.500. The lowest BCUT2D eigenvalue weighted by Crippen LogP contribution is -2.44. The summed E-state index contributed by atoms with van der Waals surface area (Å²) in [4.78, 5) is 29.5. The average Bonchev–Trinajstić information content (AvgIpc) is 2.47. The lowest BCUT2D eigenvalue weighted by atomic mass is 9.97. The lowest BCUT2D eigenvalue weighted by Gasteiger charge is -2.31. The van der Waals surface area contributed by atoms with Gasteiger partial charge in [0.2, 0.25) is 11.8 Å². The first-order valence-electron chi connectivity index (χ1n) is 6.80. The van der Waals surface area contributed by atoms with Crippen molar-refractivity contribution in [3.8, 4) is 5.88 Å². The number of piperidine rings is 1. The second-order valence-corrected chi connectivity index (χ2v) is 4.78. The fourth-order valence-corrected chi connectivity index (χ4v) is 2.37. The van der Waals surface area contributed by atoms with Gasteiger partial charge in [0.05, 0.1) is 12.5 Å². The van der Waals surface area contributed by atoms with Crippen LogP contribution in [-0.4, -0.2) is 41.4 Å². The highest BCUT2D eigenvalue weighted by Gasteiger charge is 2.29. The molecule has 1 aromatic rings. The van der Waals surface area contributed by atoms with Crippen molar-refractivity contribution in [2.45, 2.75) is 19.8 Å². The van der Waals surface area contributed by atoms with Crippen molar-refractivity contribution in [2.24, 2.45) is 11.7 Å². The number of nitrogens with zero attached hydrogens (tertiary/aromatic N) is 2. The first-order valence-corrected chi connectivity index (χ1v) is 6.80. The van der Waals surface area contributed by atoms with E-state index >= 15 is 0 Å². The third-order valence-electron chi connectivity index (χ3n) is 3.39. The highest BCUT2D eigenvalue weighted by Crippen LogP contribution is 2.22. The number of nitrogens with two attached hydrogens (primary N) is 1. The third-order valence-corrected chi connectivity index (χ3v) is 3.39. The van der Waals surface area contributed by atoms with Gasteiger partial charge in [-0.3, -0.25) is 9.59 Å². The Balaban J connectivity index is 2.16. The molecule has 1 saturated heterocycles. The molecule has 108 valence electrons. The Morgan fingerprint density at radius 3 is 3.05 bits per heavy atom. The number of aromatic nitrogens is 1. The molecule has 1 fully saturated rings. The Morgan fingerprint density at radius 2 is 2.35 bits per heavy atom. The first kappa shape index (κ1) is 14.3. The van der Waals surface area contributed by atoms with E-state index in [4.69, 9.17) is 10.5 Å². The summed E-state index contributed by atoms with van der Waals surface area (Å²) in [5.41, 5.74) is 5.76. The van der Waals surface area contributed by atoms with Gasteiger partial charge in [-0.1, -0.05) is 0 Å². The quantitative estimate of drug-likeness (QED) is 0.882. The maximum absolute atomic E-state index is 12.5. The highest BCUT2D eigenvalue weighted by atomic mass is 16.5. The fourth-order valence-electron chi connectivity index (χ4n) is 2.37. The zero-order chi connectivity index (χ0) is 14.5. The summed E-state index contributed by atoms with van der Waals surface area (Å²) < 4.78 is 5.37. The van der Waals surface area contributed by atoms with Crippen LogP contribution < -0.4 is 10.5 Å². The minimum absolute atomic E-state index is 0.160. The Kier molecular flexibility index (Phi) is 4.55. The van der Waals surface area contributed by atoms with Gasteiger partial charge in [-0.2, -0.15) is 0 Å². The number of rotatable bonds is 4. The summed E-state index contributed by atoms with van der Waals surface area (Å²) in [7, 11) is 0. The van der Waals surface area contributed by atoms with Gasteiger partial charge in [0.15, 0.2) is 0 Å². The monoisotopic (exact) mass is 277 g/mol. The predicted octanol–water partition coefficient (Wildman–Crippen LogP) is 0.818. The van der Waals surface area contributed by atoms with Crippen molar-refractivity contribution in [3.05, 3.63) is 23.9 Å². The number of carbonyl (C=O) groups is 2. The van der Waals surface area contributed by atoms with Crippen molar-refractivity contribution in [1.82, 2.24) is 9.88 Å². The van der Waals surface area contributed by atoms with Crippen LogP contribution in [0.1, 0.15) is 30.1 Å². The van der Waals surface area contributed by atoms with Crippen LogP contribution in [0.5, 0.6) is 5.88 Å². The van der Waals surface area contributed by atoms with Crippen LogP contribution in [-0.2, 0) is 4.79 Å². The average molecular weight is 277 g/mol. The molecule has 1 aromatic heterocycles. The molecule has 1 atom stereocenters. The summed E-state index contributed by atoms with van der Waals surface area (Å²) in [6.45, 7) is 3.28. The Morgan fingerprint density at radius 1 is 1.55 bits per heavy atom. The Hall–Kier alpha value is -2.11. The predicted molar refractivity (Wildman–Crippen MR) is 73.2 cm³/mol. The van der Waals surface area contributed by atoms with Crippen molar-refractivity contribution in [3.63, 3.8) is 0 Å². The first-order chi connectivity index (χ1) is 9.63. The molecule has 6 heteroatoms. The van der Waals surface area contributed by atoms with E-state index < -0.39 is 0 Å². The third kappa shape index (κ3) is 3.07. The van der Waals surface area contributed by atoms with Gasteiger partial charge >= 0.3 is 0 Å². The van der Waals surface area contributed by atoms with Gasteiger partial charge in [-0.05, 0) is 31.9 Å². The minimum atomic E-state index is -0.348. The number of amides is 2. The number of carbonyl (C=O) groups excluding carboxylic acids is 2. The van der Waals surface area contributed by atoms with Crippen LogP contribution in [0.15, 0.2) is 18.3 Å². The van der Waals surface area contributed by atoms with Gasteiger partial charge in [0.1, 0.15) is 5.56 Å². The summed E-state index contributed by atoms with van der Waals surface area (Å²) in [6, 6.07) is 3.39. The maximum atomic E-state index is 12.5. The molecule has 2 amide bonds. The van der Waals surface area contributed by atoms with Gasteiger partial charge < -0.3 is 15.4 Å². The number of likely N-dealkylation sites (tertiary alicyclic amines) is 1. The van der Waals surface area contributed by atoms with Gasteiger partial charge in [0.25, 0.3) is 5.91 Å². The Labute approximate surface area is 117 Å². The smallest absolute Gasteiger partial charge is 0.259 e. The number of hydrogen-bond donors (Lipinski definition) is 1. The van der Waals surface area contributed by atoms with Crippen LogP contribution in [0.3, 0.4) is 0 Å². The van der Waals surface area contributed by atoms with E-state index in [0.29, 0.717) is 31.1 Å². The van der Waals surface area contributed by atoms with E-state index in [0.717, 1.165) is 12.8 Å². The van der Waals surface area contributed by atoms with Crippen molar-refractivity contribution < 1.29 is 14.3 Å². The van der Waals surface area contributed by atoms with Gasteiger partial charge in [-0.15, -0.1) is 0 Å². The van der Waals surface area contributed by atoms with Crippen molar-refractivity contribution >= 4 is 11.8 Å². The SMILES string of the molecule is CCOc1ncccc1C(=O)N1CCCC(C(N)=O)C1. The normalized spacial score (nSPS) is 18.6. The molecule has 2 N–H and O–H groups in total. The topological polar surface area (TPSA) is 85.5 Å². The zero-order valence-electron chi connectivity index (χ0n) is 11.5. The van der Waals surface area contributed by atoms with Crippen LogP contribution >= 0.6 is 0 Å². The minimum Gasteiger partial charge on any atom is -0.477 e. The van der Waals surface area contributed by atoms with E-state index in [1.165, 1.54) is 0 Å². The molecule has 1 aliphatic heterocycles. The summed E-state index contributed by atoms with van der Waals surface area (Å²) >= 11 is 0. The van der Waals surface area contributed by atoms with E-state index in [-0.39, 0.29) is 17.7 Å². The molecule has 0 spiro atoms. The molecule has 6 nitrogen and oxygen atoms in total. The molecule has 0 radical (unpaired) electrons. The molecule has 1 aliphatic rings. The number of hydrogen-bond acceptors (Lipinski definition) is 4. The second-order valence-electron chi connectivity index (χ2n) is 4.78. The largest absolute Gasteiger partial charge is 0.477 e. The van der Waals surface area contributed by atoms with E-state index in [1.54, 1.807) is 23.2 Å². The van der Waals surface area contributed by atoms with Crippen LogP contribution in [0.25, 0.3) is 0 Å².